The van der Waals surface area contributed by atoms with Gasteiger partial charge in [0.2, 0.25) is 0 Å². The quantitative estimate of drug-likeness (QED) is 0.755. The molecular weight excluding hydrogens is 202 g/mol. The number of nitrogens with zero attached hydrogens (tertiary/aromatic N) is 3. The van der Waals surface area contributed by atoms with E-state index < -0.39 is 0 Å². The summed E-state index contributed by atoms with van der Waals surface area (Å²) in [5.41, 5.74) is 8.97. The maximum absolute atomic E-state index is 5.65. The summed E-state index contributed by atoms with van der Waals surface area (Å²) in [5, 5.41) is 14.9. The second-order valence-electron chi connectivity index (χ2n) is 3.57. The number of aromatic amines is 1. The van der Waals surface area contributed by atoms with E-state index in [1.807, 2.05) is 38.1 Å². The highest BCUT2D eigenvalue weighted by molar-refractivity contribution is 5.60. The van der Waals surface area contributed by atoms with Gasteiger partial charge in [-0.3, -0.25) is 5.10 Å². The number of rotatable bonds is 2. The number of aryl methyl sites for hydroxylation is 2. The molecule has 3 N–H and O–H groups in total. The number of benzene rings is 1. The fourth-order valence-electron chi connectivity index (χ4n) is 1.35. The number of anilines is 1. The number of azo groups is 1. The Labute approximate surface area is 93.4 Å². The lowest BCUT2D eigenvalue weighted by Gasteiger charge is -1.96. The minimum Gasteiger partial charge on any atom is -0.380 e. The molecule has 1 heterocycles. The normalized spacial score (nSPS) is 11.1. The van der Waals surface area contributed by atoms with Gasteiger partial charge in [0.1, 0.15) is 5.69 Å². The molecule has 0 aliphatic heterocycles. The molecule has 16 heavy (non-hydrogen) atoms. The zero-order valence-corrected chi connectivity index (χ0v) is 9.23. The van der Waals surface area contributed by atoms with Crippen molar-refractivity contribution in [2.45, 2.75) is 13.8 Å². The molecule has 1 aromatic heterocycles. The number of H-pyrrole nitrogens is 1. The van der Waals surface area contributed by atoms with E-state index in [1.165, 1.54) is 0 Å². The van der Waals surface area contributed by atoms with Crippen molar-refractivity contribution in [2.75, 3.05) is 5.73 Å². The van der Waals surface area contributed by atoms with Crippen molar-refractivity contribution >= 4 is 17.2 Å². The van der Waals surface area contributed by atoms with E-state index in [0.717, 1.165) is 16.9 Å². The Kier molecular flexibility index (Phi) is 2.68. The molecule has 0 amide bonds. The molecule has 0 fully saturated rings. The van der Waals surface area contributed by atoms with Crippen molar-refractivity contribution in [3.8, 4) is 0 Å². The summed E-state index contributed by atoms with van der Waals surface area (Å²) in [6.07, 6.45) is 0. The van der Waals surface area contributed by atoms with Crippen LogP contribution in [0.5, 0.6) is 0 Å². The van der Waals surface area contributed by atoms with Crippen LogP contribution in [0, 0.1) is 13.8 Å². The summed E-state index contributed by atoms with van der Waals surface area (Å²) < 4.78 is 0. The number of hydrogen-bond acceptors (Lipinski definition) is 4. The molecule has 82 valence electrons. The van der Waals surface area contributed by atoms with Crippen molar-refractivity contribution in [1.29, 1.82) is 0 Å². The first-order valence-corrected chi connectivity index (χ1v) is 4.96. The molecule has 5 nitrogen and oxygen atoms in total. The molecule has 0 saturated heterocycles. The molecule has 0 aliphatic rings. The third-order valence-corrected chi connectivity index (χ3v) is 2.32. The van der Waals surface area contributed by atoms with E-state index in [-0.39, 0.29) is 0 Å². The third kappa shape index (κ3) is 1.93. The van der Waals surface area contributed by atoms with Gasteiger partial charge in [0.05, 0.1) is 11.4 Å². The van der Waals surface area contributed by atoms with Crippen molar-refractivity contribution in [3.05, 3.63) is 35.5 Å². The average Bonchev–Trinajstić information content (AvgIpc) is 2.58. The number of nitrogens with one attached hydrogen (secondary N) is 1. The smallest absolute Gasteiger partial charge is 0.173 e. The van der Waals surface area contributed by atoms with E-state index >= 15 is 0 Å². The Morgan fingerprint density at radius 3 is 2.56 bits per heavy atom. The lowest BCUT2D eigenvalue weighted by Crippen LogP contribution is -1.83. The Bertz CT molecular complexity index is 507. The van der Waals surface area contributed by atoms with Crippen LogP contribution in [-0.2, 0) is 0 Å². The summed E-state index contributed by atoms with van der Waals surface area (Å²) in [7, 11) is 0. The van der Waals surface area contributed by atoms with Crippen molar-refractivity contribution < 1.29 is 0 Å². The molecule has 0 radical (unpaired) electrons. The van der Waals surface area contributed by atoms with Gasteiger partial charge >= 0.3 is 0 Å². The van der Waals surface area contributed by atoms with Crippen LogP contribution in [0.1, 0.15) is 11.3 Å². The SMILES string of the molecule is Cc1ccccc1N=Nc1c(N)n[nH]c1C. The predicted molar refractivity (Wildman–Crippen MR) is 63.1 cm³/mol. The Morgan fingerprint density at radius 2 is 1.94 bits per heavy atom. The highest BCUT2D eigenvalue weighted by atomic mass is 15.2. The van der Waals surface area contributed by atoms with Gasteiger partial charge in [-0.2, -0.15) is 10.2 Å². The van der Waals surface area contributed by atoms with E-state index in [4.69, 9.17) is 5.73 Å². The first-order valence-electron chi connectivity index (χ1n) is 4.96. The second-order valence-corrected chi connectivity index (χ2v) is 3.57. The van der Waals surface area contributed by atoms with Crippen LogP contribution in [0.4, 0.5) is 17.2 Å². The number of nitrogen functional groups attached to an aromatic ring is 1. The predicted octanol–water partition coefficient (Wildman–Crippen LogP) is 3.02. The van der Waals surface area contributed by atoms with E-state index in [9.17, 15) is 0 Å². The monoisotopic (exact) mass is 215 g/mol. The molecule has 0 aliphatic carbocycles. The molecule has 0 bridgehead atoms. The summed E-state index contributed by atoms with van der Waals surface area (Å²) >= 11 is 0. The zero-order valence-electron chi connectivity index (χ0n) is 9.23. The second kappa shape index (κ2) is 4.14. The van der Waals surface area contributed by atoms with Crippen LogP contribution in [0.15, 0.2) is 34.5 Å². The van der Waals surface area contributed by atoms with Crippen LogP contribution in [0.3, 0.4) is 0 Å². The first-order chi connectivity index (χ1) is 7.68. The van der Waals surface area contributed by atoms with Crippen molar-refractivity contribution in [1.82, 2.24) is 10.2 Å². The van der Waals surface area contributed by atoms with E-state index in [0.29, 0.717) is 11.5 Å². The highest BCUT2D eigenvalue weighted by Gasteiger charge is 2.05. The molecule has 1 aromatic carbocycles. The van der Waals surface area contributed by atoms with E-state index in [1.54, 1.807) is 0 Å². The Hall–Kier alpha value is -2.17. The summed E-state index contributed by atoms with van der Waals surface area (Å²) in [6.45, 7) is 3.84. The maximum atomic E-state index is 5.65. The minimum absolute atomic E-state index is 0.370. The molecular formula is C11H13N5. The van der Waals surface area contributed by atoms with Crippen molar-refractivity contribution in [3.63, 3.8) is 0 Å². The van der Waals surface area contributed by atoms with Gasteiger partial charge in [0.25, 0.3) is 0 Å². The summed E-state index contributed by atoms with van der Waals surface area (Å²) in [5.74, 6) is 0.370. The average molecular weight is 215 g/mol. The van der Waals surface area contributed by atoms with Gasteiger partial charge in [-0.1, -0.05) is 18.2 Å². The van der Waals surface area contributed by atoms with Gasteiger partial charge in [-0.25, -0.2) is 0 Å². The third-order valence-electron chi connectivity index (χ3n) is 2.32. The van der Waals surface area contributed by atoms with Crippen LogP contribution in [-0.4, -0.2) is 10.2 Å². The summed E-state index contributed by atoms with van der Waals surface area (Å²) in [4.78, 5) is 0. The topological polar surface area (TPSA) is 79.4 Å². The van der Waals surface area contributed by atoms with Crippen LogP contribution in [0.2, 0.25) is 0 Å². The molecule has 2 rings (SSSR count). The molecule has 0 saturated carbocycles. The summed E-state index contributed by atoms with van der Waals surface area (Å²) in [6, 6.07) is 7.78. The van der Waals surface area contributed by atoms with E-state index in [2.05, 4.69) is 20.4 Å². The van der Waals surface area contributed by atoms with Crippen molar-refractivity contribution in [2.24, 2.45) is 10.2 Å². The van der Waals surface area contributed by atoms with Crippen LogP contribution < -0.4 is 5.73 Å². The number of aromatic nitrogens is 2. The molecule has 0 unspecified atom stereocenters. The Morgan fingerprint density at radius 1 is 1.19 bits per heavy atom. The largest absolute Gasteiger partial charge is 0.380 e. The maximum Gasteiger partial charge on any atom is 0.173 e. The van der Waals surface area contributed by atoms with Gasteiger partial charge in [-0.05, 0) is 25.5 Å². The molecule has 0 spiro atoms. The first kappa shape index (κ1) is 10.4. The highest BCUT2D eigenvalue weighted by Crippen LogP contribution is 2.26. The number of nitrogens with two attached hydrogens (primary N) is 1. The van der Waals surface area contributed by atoms with Crippen LogP contribution >= 0.6 is 0 Å². The van der Waals surface area contributed by atoms with Gasteiger partial charge in [-0.15, -0.1) is 5.11 Å². The molecule has 5 heteroatoms. The zero-order chi connectivity index (χ0) is 11.5. The Balaban J connectivity index is 2.32. The fraction of sp³-hybridized carbons (Fsp3) is 0.182. The van der Waals surface area contributed by atoms with Crippen LogP contribution in [0.25, 0.3) is 0 Å². The van der Waals surface area contributed by atoms with Gasteiger partial charge < -0.3 is 5.73 Å². The minimum atomic E-state index is 0.370. The standard InChI is InChI=1S/C11H13N5/c1-7-5-3-4-6-9(7)14-15-10-8(2)13-16-11(10)12/h3-6H,1-2H3,(H3,12,13,16). The lowest BCUT2D eigenvalue weighted by molar-refractivity contribution is 1.05. The lowest BCUT2D eigenvalue weighted by atomic mass is 10.2. The van der Waals surface area contributed by atoms with Gasteiger partial charge in [0.15, 0.2) is 5.82 Å². The molecule has 2 aromatic rings. The number of hydrogen-bond donors (Lipinski definition) is 2. The molecule has 0 atom stereocenters. The fourth-order valence-corrected chi connectivity index (χ4v) is 1.35. The van der Waals surface area contributed by atoms with Gasteiger partial charge in [0, 0.05) is 0 Å².